The van der Waals surface area contributed by atoms with Crippen LogP contribution in [0.5, 0.6) is 11.5 Å². The molecule has 0 aliphatic carbocycles. The SMILES string of the molecule is C[C@H](N)C(=O)Nc1ccc2c(c1)OCO2. The minimum Gasteiger partial charge on any atom is -0.454 e. The summed E-state index contributed by atoms with van der Waals surface area (Å²) in [7, 11) is 0. The number of ether oxygens (including phenoxy) is 2. The third-order valence-electron chi connectivity index (χ3n) is 2.05. The number of nitrogens with one attached hydrogen (secondary N) is 1. The summed E-state index contributed by atoms with van der Waals surface area (Å²) in [6, 6.07) is 4.67. The second-order valence-corrected chi connectivity index (χ2v) is 3.35. The molecule has 15 heavy (non-hydrogen) atoms. The van der Waals surface area contributed by atoms with Crippen molar-refractivity contribution in [2.45, 2.75) is 13.0 Å². The minimum absolute atomic E-state index is 0.222. The van der Waals surface area contributed by atoms with Crippen LogP contribution in [0.1, 0.15) is 6.92 Å². The molecule has 5 nitrogen and oxygen atoms in total. The fourth-order valence-corrected chi connectivity index (χ4v) is 1.23. The Balaban J connectivity index is 2.13. The quantitative estimate of drug-likeness (QED) is 0.750. The average molecular weight is 208 g/mol. The van der Waals surface area contributed by atoms with E-state index >= 15 is 0 Å². The summed E-state index contributed by atoms with van der Waals surface area (Å²) in [5, 5.41) is 2.67. The molecule has 0 bridgehead atoms. The van der Waals surface area contributed by atoms with Crippen molar-refractivity contribution in [3.63, 3.8) is 0 Å². The predicted molar refractivity (Wildman–Crippen MR) is 54.8 cm³/mol. The molecule has 5 heteroatoms. The number of anilines is 1. The third-order valence-corrected chi connectivity index (χ3v) is 2.05. The Bertz CT molecular complexity index is 390. The zero-order valence-corrected chi connectivity index (χ0v) is 8.32. The van der Waals surface area contributed by atoms with Crippen molar-refractivity contribution < 1.29 is 14.3 Å². The van der Waals surface area contributed by atoms with Crippen LogP contribution in [0.3, 0.4) is 0 Å². The van der Waals surface area contributed by atoms with Gasteiger partial charge in [0, 0.05) is 11.8 Å². The average Bonchev–Trinajstić information content (AvgIpc) is 2.64. The Labute approximate surface area is 87.2 Å². The van der Waals surface area contributed by atoms with E-state index in [9.17, 15) is 4.79 Å². The minimum atomic E-state index is -0.532. The van der Waals surface area contributed by atoms with Crippen LogP contribution in [0.15, 0.2) is 18.2 Å². The van der Waals surface area contributed by atoms with E-state index in [2.05, 4.69) is 5.32 Å². The van der Waals surface area contributed by atoms with Gasteiger partial charge in [-0.15, -0.1) is 0 Å². The molecule has 0 radical (unpaired) electrons. The van der Waals surface area contributed by atoms with Gasteiger partial charge < -0.3 is 20.5 Å². The van der Waals surface area contributed by atoms with Crippen molar-refractivity contribution in [1.29, 1.82) is 0 Å². The number of amides is 1. The standard InChI is InChI=1S/C10H12N2O3/c1-6(11)10(13)12-7-2-3-8-9(4-7)15-5-14-8/h2-4,6H,5,11H2,1H3,(H,12,13)/t6-/m0/s1. The van der Waals surface area contributed by atoms with E-state index in [0.29, 0.717) is 17.2 Å². The summed E-state index contributed by atoms with van der Waals surface area (Å²) in [6.07, 6.45) is 0. The van der Waals surface area contributed by atoms with Crippen LogP contribution in [0, 0.1) is 0 Å². The van der Waals surface area contributed by atoms with Gasteiger partial charge in [-0.25, -0.2) is 0 Å². The zero-order chi connectivity index (χ0) is 10.8. The Morgan fingerprint density at radius 1 is 1.47 bits per heavy atom. The highest BCUT2D eigenvalue weighted by Gasteiger charge is 2.14. The van der Waals surface area contributed by atoms with E-state index in [1.165, 1.54) is 0 Å². The van der Waals surface area contributed by atoms with Gasteiger partial charge in [0.05, 0.1) is 6.04 Å². The first kappa shape index (κ1) is 9.79. The topological polar surface area (TPSA) is 73.6 Å². The van der Waals surface area contributed by atoms with Gasteiger partial charge in [0.15, 0.2) is 11.5 Å². The van der Waals surface area contributed by atoms with Crippen LogP contribution in [0.2, 0.25) is 0 Å². The lowest BCUT2D eigenvalue weighted by Gasteiger charge is -2.07. The summed E-state index contributed by atoms with van der Waals surface area (Å²) < 4.78 is 10.3. The lowest BCUT2D eigenvalue weighted by atomic mass is 10.2. The van der Waals surface area contributed by atoms with E-state index < -0.39 is 6.04 Å². The lowest BCUT2D eigenvalue weighted by Crippen LogP contribution is -2.32. The van der Waals surface area contributed by atoms with Crippen molar-refractivity contribution >= 4 is 11.6 Å². The van der Waals surface area contributed by atoms with Gasteiger partial charge in [-0.3, -0.25) is 4.79 Å². The largest absolute Gasteiger partial charge is 0.454 e. The van der Waals surface area contributed by atoms with E-state index in [1.54, 1.807) is 25.1 Å². The Morgan fingerprint density at radius 2 is 2.20 bits per heavy atom. The summed E-state index contributed by atoms with van der Waals surface area (Å²) >= 11 is 0. The number of carbonyl (C=O) groups excluding carboxylic acids is 1. The van der Waals surface area contributed by atoms with Crippen molar-refractivity contribution in [3.8, 4) is 11.5 Å². The molecular weight excluding hydrogens is 196 g/mol. The van der Waals surface area contributed by atoms with Crippen molar-refractivity contribution in [2.75, 3.05) is 12.1 Å². The Kier molecular flexibility index (Phi) is 2.47. The van der Waals surface area contributed by atoms with Gasteiger partial charge in [0.25, 0.3) is 0 Å². The second kappa shape index (κ2) is 3.78. The van der Waals surface area contributed by atoms with Gasteiger partial charge in [0.1, 0.15) is 0 Å². The first-order valence-corrected chi connectivity index (χ1v) is 4.63. The number of hydrogen-bond acceptors (Lipinski definition) is 4. The van der Waals surface area contributed by atoms with E-state index in [4.69, 9.17) is 15.2 Å². The fourth-order valence-electron chi connectivity index (χ4n) is 1.23. The number of carbonyl (C=O) groups is 1. The number of fused-ring (bicyclic) bond motifs is 1. The zero-order valence-electron chi connectivity index (χ0n) is 8.32. The van der Waals surface area contributed by atoms with Crippen LogP contribution < -0.4 is 20.5 Å². The second-order valence-electron chi connectivity index (χ2n) is 3.35. The molecule has 1 aliphatic heterocycles. The third kappa shape index (κ3) is 2.02. The number of hydrogen-bond donors (Lipinski definition) is 2. The Morgan fingerprint density at radius 3 is 2.93 bits per heavy atom. The predicted octanol–water partition coefficient (Wildman–Crippen LogP) is 0.701. The summed E-state index contributed by atoms with van der Waals surface area (Å²) in [6.45, 7) is 1.85. The molecule has 1 heterocycles. The van der Waals surface area contributed by atoms with Gasteiger partial charge >= 0.3 is 0 Å². The maximum Gasteiger partial charge on any atom is 0.241 e. The molecule has 0 fully saturated rings. The summed E-state index contributed by atoms with van der Waals surface area (Å²) in [5.41, 5.74) is 6.08. The van der Waals surface area contributed by atoms with Gasteiger partial charge in [-0.2, -0.15) is 0 Å². The number of benzene rings is 1. The number of nitrogens with two attached hydrogens (primary N) is 1. The van der Waals surface area contributed by atoms with Crippen LogP contribution in [0.25, 0.3) is 0 Å². The maximum absolute atomic E-state index is 11.3. The van der Waals surface area contributed by atoms with Crippen LogP contribution in [0.4, 0.5) is 5.69 Å². The summed E-state index contributed by atoms with van der Waals surface area (Å²) in [4.78, 5) is 11.3. The van der Waals surface area contributed by atoms with Gasteiger partial charge in [-0.1, -0.05) is 0 Å². The highest BCUT2D eigenvalue weighted by molar-refractivity contribution is 5.94. The van der Waals surface area contributed by atoms with E-state index in [-0.39, 0.29) is 12.7 Å². The fraction of sp³-hybridized carbons (Fsp3) is 0.300. The molecule has 80 valence electrons. The first-order chi connectivity index (χ1) is 7.16. The molecule has 1 aromatic rings. The van der Waals surface area contributed by atoms with Gasteiger partial charge in [0.2, 0.25) is 12.7 Å². The normalized spacial score (nSPS) is 14.8. The molecule has 1 amide bonds. The lowest BCUT2D eigenvalue weighted by molar-refractivity contribution is -0.117. The van der Waals surface area contributed by atoms with E-state index in [0.717, 1.165) is 0 Å². The highest BCUT2D eigenvalue weighted by atomic mass is 16.7. The molecule has 1 atom stereocenters. The van der Waals surface area contributed by atoms with Crippen LogP contribution >= 0.6 is 0 Å². The van der Waals surface area contributed by atoms with Crippen LogP contribution in [-0.4, -0.2) is 18.7 Å². The van der Waals surface area contributed by atoms with Crippen LogP contribution in [-0.2, 0) is 4.79 Å². The van der Waals surface area contributed by atoms with Crippen molar-refractivity contribution in [2.24, 2.45) is 5.73 Å². The molecule has 0 saturated carbocycles. The van der Waals surface area contributed by atoms with E-state index in [1.807, 2.05) is 0 Å². The molecule has 0 unspecified atom stereocenters. The molecule has 1 aromatic carbocycles. The molecule has 0 spiro atoms. The number of rotatable bonds is 2. The van der Waals surface area contributed by atoms with Crippen molar-refractivity contribution in [3.05, 3.63) is 18.2 Å². The molecule has 0 saturated heterocycles. The molecule has 0 aromatic heterocycles. The first-order valence-electron chi connectivity index (χ1n) is 4.63. The Hall–Kier alpha value is -1.75. The highest BCUT2D eigenvalue weighted by Crippen LogP contribution is 2.34. The molecule has 1 aliphatic rings. The monoisotopic (exact) mass is 208 g/mol. The van der Waals surface area contributed by atoms with Gasteiger partial charge in [-0.05, 0) is 19.1 Å². The maximum atomic E-state index is 11.3. The smallest absolute Gasteiger partial charge is 0.241 e. The molecule has 3 N–H and O–H groups in total. The molecular formula is C10H12N2O3. The molecule has 2 rings (SSSR count). The van der Waals surface area contributed by atoms with Crippen molar-refractivity contribution in [1.82, 2.24) is 0 Å². The summed E-state index contributed by atoms with van der Waals surface area (Å²) in [5.74, 6) is 1.10.